The number of anilines is 2. The number of benzene rings is 3. The molecule has 8 heteroatoms. The van der Waals surface area contributed by atoms with Crippen LogP contribution in [0.1, 0.15) is 21.5 Å². The minimum Gasteiger partial charge on any atom is -0.493 e. The molecule has 0 spiro atoms. The number of rotatable bonds is 8. The van der Waals surface area contributed by atoms with Crippen LogP contribution in [0, 0.1) is 0 Å². The lowest BCUT2D eigenvalue weighted by atomic mass is 10.1. The van der Waals surface area contributed by atoms with Gasteiger partial charge in [-0.1, -0.05) is 24.3 Å². The first-order chi connectivity index (χ1) is 16.9. The van der Waals surface area contributed by atoms with Crippen molar-refractivity contribution in [1.82, 2.24) is 0 Å². The molecule has 0 unspecified atom stereocenters. The summed E-state index contributed by atoms with van der Waals surface area (Å²) in [5.74, 6) is -0.198. The molecule has 178 valence electrons. The van der Waals surface area contributed by atoms with Gasteiger partial charge in [-0.05, 0) is 66.1 Å². The number of nitrogens with zero attached hydrogens (tertiary/aromatic N) is 1. The molecule has 8 nitrogen and oxygen atoms in total. The number of ether oxygens (including phenoxy) is 2. The van der Waals surface area contributed by atoms with Gasteiger partial charge < -0.3 is 25.4 Å². The lowest BCUT2D eigenvalue weighted by Crippen LogP contribution is -2.28. The molecular weight excluding hydrogens is 446 g/mol. The molecule has 3 amide bonds. The molecule has 1 heterocycles. The number of amides is 3. The Balaban J connectivity index is 1.36. The van der Waals surface area contributed by atoms with Crippen LogP contribution in [-0.4, -0.2) is 38.0 Å². The highest BCUT2D eigenvalue weighted by Gasteiger charge is 2.24. The van der Waals surface area contributed by atoms with Gasteiger partial charge in [0, 0.05) is 29.6 Å². The van der Waals surface area contributed by atoms with Crippen LogP contribution < -0.4 is 25.4 Å². The number of carbonyl (C=O) groups is 3. The smallest absolute Gasteiger partial charge is 0.258 e. The fourth-order valence-electron chi connectivity index (χ4n) is 3.81. The monoisotopic (exact) mass is 471 g/mol. The number of carbonyl (C=O) groups excluding carboxylic acids is 3. The number of fused-ring (bicyclic) bond motifs is 1. The van der Waals surface area contributed by atoms with Gasteiger partial charge in [0.1, 0.15) is 0 Å². The Kier molecular flexibility index (Phi) is 7.11. The Labute approximate surface area is 202 Å². The van der Waals surface area contributed by atoms with Gasteiger partial charge in [0.05, 0.1) is 7.11 Å². The predicted molar refractivity (Wildman–Crippen MR) is 134 cm³/mol. The fraction of sp³-hybridized carbons (Fsp3) is 0.148. The van der Waals surface area contributed by atoms with Crippen LogP contribution in [0.3, 0.4) is 0 Å². The number of methoxy groups -OCH3 is 1. The largest absolute Gasteiger partial charge is 0.493 e. The second kappa shape index (κ2) is 10.6. The standard InChI is InChI=1S/C27H25N3O5/c1-34-24-16-18(6-12-23(24)35-17-25(28)31)7-13-26(32)29-21-10-8-20(9-11-21)27(33)30-15-14-19-4-2-3-5-22(19)30/h2-13,16H,14-15,17H2,1H3,(H2,28,31)(H,29,32)/b13-7+. The van der Waals surface area contributed by atoms with Crippen LogP contribution in [0.2, 0.25) is 0 Å². The zero-order valence-corrected chi connectivity index (χ0v) is 19.2. The van der Waals surface area contributed by atoms with E-state index in [1.54, 1.807) is 53.4 Å². The number of primary amides is 1. The molecule has 0 atom stereocenters. The van der Waals surface area contributed by atoms with Crippen LogP contribution in [-0.2, 0) is 16.0 Å². The Bertz CT molecular complexity index is 1280. The number of hydrogen-bond acceptors (Lipinski definition) is 5. The summed E-state index contributed by atoms with van der Waals surface area (Å²) in [6.07, 6.45) is 3.86. The van der Waals surface area contributed by atoms with E-state index in [9.17, 15) is 14.4 Å². The van der Waals surface area contributed by atoms with Crippen molar-refractivity contribution in [3.8, 4) is 11.5 Å². The van der Waals surface area contributed by atoms with E-state index in [4.69, 9.17) is 15.2 Å². The summed E-state index contributed by atoms with van der Waals surface area (Å²) in [6.45, 7) is 0.397. The van der Waals surface area contributed by atoms with Gasteiger partial charge in [-0.2, -0.15) is 0 Å². The van der Waals surface area contributed by atoms with Gasteiger partial charge in [0.15, 0.2) is 18.1 Å². The predicted octanol–water partition coefficient (Wildman–Crippen LogP) is 3.41. The van der Waals surface area contributed by atoms with E-state index in [1.165, 1.54) is 18.7 Å². The van der Waals surface area contributed by atoms with Crippen molar-refractivity contribution in [3.63, 3.8) is 0 Å². The van der Waals surface area contributed by atoms with Crippen molar-refractivity contribution >= 4 is 35.2 Å². The minimum atomic E-state index is -0.591. The van der Waals surface area contributed by atoms with Crippen LogP contribution in [0.25, 0.3) is 6.08 Å². The summed E-state index contributed by atoms with van der Waals surface area (Å²) in [4.78, 5) is 38.0. The highest BCUT2D eigenvalue weighted by atomic mass is 16.5. The highest BCUT2D eigenvalue weighted by Crippen LogP contribution is 2.30. The van der Waals surface area contributed by atoms with E-state index >= 15 is 0 Å². The second-order valence-electron chi connectivity index (χ2n) is 7.90. The summed E-state index contributed by atoms with van der Waals surface area (Å²) >= 11 is 0. The maximum Gasteiger partial charge on any atom is 0.258 e. The quantitative estimate of drug-likeness (QED) is 0.489. The lowest BCUT2D eigenvalue weighted by Gasteiger charge is -2.17. The fourth-order valence-corrected chi connectivity index (χ4v) is 3.81. The Morgan fingerprint density at radius 2 is 1.80 bits per heavy atom. The average molecular weight is 472 g/mol. The molecule has 3 aromatic rings. The molecule has 0 saturated heterocycles. The van der Waals surface area contributed by atoms with E-state index in [1.807, 2.05) is 24.3 Å². The van der Waals surface area contributed by atoms with Crippen molar-refractivity contribution in [1.29, 1.82) is 0 Å². The van der Waals surface area contributed by atoms with Gasteiger partial charge in [-0.3, -0.25) is 14.4 Å². The molecule has 0 aliphatic carbocycles. The van der Waals surface area contributed by atoms with Crippen LogP contribution in [0.4, 0.5) is 11.4 Å². The van der Waals surface area contributed by atoms with E-state index in [0.29, 0.717) is 34.9 Å². The molecule has 1 aliphatic rings. The third-order valence-electron chi connectivity index (χ3n) is 5.52. The molecule has 0 fully saturated rings. The first kappa shape index (κ1) is 23.6. The molecule has 35 heavy (non-hydrogen) atoms. The number of hydrogen-bond donors (Lipinski definition) is 2. The van der Waals surface area contributed by atoms with Crippen LogP contribution in [0.5, 0.6) is 11.5 Å². The summed E-state index contributed by atoms with van der Waals surface area (Å²) in [5, 5.41) is 2.78. The first-order valence-electron chi connectivity index (χ1n) is 11.0. The van der Waals surface area contributed by atoms with E-state index in [2.05, 4.69) is 5.32 Å². The summed E-state index contributed by atoms with van der Waals surface area (Å²) in [5.41, 5.74) is 9.05. The van der Waals surface area contributed by atoms with Gasteiger partial charge >= 0.3 is 0 Å². The van der Waals surface area contributed by atoms with Crippen LogP contribution >= 0.6 is 0 Å². The van der Waals surface area contributed by atoms with Crippen molar-refractivity contribution in [2.75, 3.05) is 30.5 Å². The molecule has 0 saturated carbocycles. The molecule has 3 aromatic carbocycles. The molecular formula is C27H25N3O5. The topological polar surface area (TPSA) is 111 Å². The number of para-hydroxylation sites is 1. The second-order valence-corrected chi connectivity index (χ2v) is 7.90. The molecule has 0 aromatic heterocycles. The van der Waals surface area contributed by atoms with Gasteiger partial charge in [0.2, 0.25) is 5.91 Å². The zero-order chi connectivity index (χ0) is 24.8. The first-order valence-corrected chi connectivity index (χ1v) is 11.0. The lowest BCUT2D eigenvalue weighted by molar-refractivity contribution is -0.120. The Morgan fingerprint density at radius 3 is 2.54 bits per heavy atom. The van der Waals surface area contributed by atoms with Crippen molar-refractivity contribution in [2.45, 2.75) is 6.42 Å². The maximum absolute atomic E-state index is 12.9. The van der Waals surface area contributed by atoms with Crippen LogP contribution in [0.15, 0.2) is 72.8 Å². The SMILES string of the molecule is COc1cc(/C=C/C(=O)Nc2ccc(C(=O)N3CCc4ccccc43)cc2)ccc1OCC(N)=O. The molecule has 0 radical (unpaired) electrons. The minimum absolute atomic E-state index is 0.0649. The normalized spacial score (nSPS) is 12.3. The maximum atomic E-state index is 12.9. The number of nitrogens with two attached hydrogens (primary N) is 1. The van der Waals surface area contributed by atoms with E-state index in [-0.39, 0.29) is 18.4 Å². The molecule has 4 rings (SSSR count). The van der Waals surface area contributed by atoms with Gasteiger partial charge in [-0.15, -0.1) is 0 Å². The summed E-state index contributed by atoms with van der Waals surface area (Å²) in [6, 6.07) is 19.8. The average Bonchev–Trinajstić information content (AvgIpc) is 3.30. The zero-order valence-electron chi connectivity index (χ0n) is 19.2. The van der Waals surface area contributed by atoms with Crippen molar-refractivity contribution < 1.29 is 23.9 Å². The summed E-state index contributed by atoms with van der Waals surface area (Å²) in [7, 11) is 1.48. The molecule has 3 N–H and O–H groups in total. The Hall–Kier alpha value is -4.59. The highest BCUT2D eigenvalue weighted by molar-refractivity contribution is 6.08. The summed E-state index contributed by atoms with van der Waals surface area (Å²) < 4.78 is 10.6. The van der Waals surface area contributed by atoms with E-state index in [0.717, 1.165) is 12.1 Å². The van der Waals surface area contributed by atoms with Crippen molar-refractivity contribution in [3.05, 3.63) is 89.5 Å². The Morgan fingerprint density at radius 1 is 1.03 bits per heavy atom. The third kappa shape index (κ3) is 5.67. The van der Waals surface area contributed by atoms with Gasteiger partial charge in [-0.25, -0.2) is 0 Å². The third-order valence-corrected chi connectivity index (χ3v) is 5.52. The van der Waals surface area contributed by atoms with E-state index < -0.39 is 5.91 Å². The van der Waals surface area contributed by atoms with Gasteiger partial charge in [0.25, 0.3) is 11.8 Å². The molecule has 1 aliphatic heterocycles. The molecule has 0 bridgehead atoms. The number of nitrogens with one attached hydrogen (secondary N) is 1. The van der Waals surface area contributed by atoms with Crippen molar-refractivity contribution in [2.24, 2.45) is 5.73 Å².